The number of benzene rings is 1. The summed E-state index contributed by atoms with van der Waals surface area (Å²) in [7, 11) is 0. The first-order valence-electron chi connectivity index (χ1n) is 5.43. The molecule has 4 heteroatoms. The Morgan fingerprint density at radius 1 is 1.35 bits per heavy atom. The Balaban J connectivity index is 2.20. The zero-order valence-electron chi connectivity index (χ0n) is 9.58. The van der Waals surface area contributed by atoms with Gasteiger partial charge in [0.15, 0.2) is 0 Å². The highest BCUT2D eigenvalue weighted by atomic mass is 16.3. The number of hydrogen-bond acceptors (Lipinski definition) is 3. The maximum absolute atomic E-state index is 11.4. The van der Waals surface area contributed by atoms with E-state index in [-0.39, 0.29) is 12.1 Å². The van der Waals surface area contributed by atoms with Gasteiger partial charge in [-0.2, -0.15) is 5.10 Å². The molecule has 1 heterocycles. The minimum Gasteiger partial charge on any atom is -0.386 e. The smallest absolute Gasteiger partial charge is 0.266 e. The molecule has 0 saturated carbocycles. The number of rotatable bonds is 3. The molecular weight excluding hydrogens is 216 g/mol. The highest BCUT2D eigenvalue weighted by molar-refractivity contribution is 5.23. The normalized spacial score (nSPS) is 12.4. The van der Waals surface area contributed by atoms with Crippen LogP contribution in [-0.4, -0.2) is 14.9 Å². The SMILES string of the molecule is Cc1cccc(C(O)Cn2ncccc2=O)c1. The van der Waals surface area contributed by atoms with Crippen molar-refractivity contribution in [2.24, 2.45) is 0 Å². The summed E-state index contributed by atoms with van der Waals surface area (Å²) in [4.78, 5) is 11.4. The third kappa shape index (κ3) is 2.79. The fourth-order valence-electron chi connectivity index (χ4n) is 1.67. The van der Waals surface area contributed by atoms with Gasteiger partial charge in [-0.05, 0) is 18.6 Å². The first-order chi connectivity index (χ1) is 8.16. The van der Waals surface area contributed by atoms with Gasteiger partial charge in [0.2, 0.25) is 0 Å². The maximum atomic E-state index is 11.4. The van der Waals surface area contributed by atoms with Crippen molar-refractivity contribution in [2.45, 2.75) is 19.6 Å². The monoisotopic (exact) mass is 230 g/mol. The van der Waals surface area contributed by atoms with Crippen molar-refractivity contribution in [2.75, 3.05) is 0 Å². The Kier molecular flexibility index (Phi) is 3.35. The summed E-state index contributed by atoms with van der Waals surface area (Å²) in [6.45, 7) is 2.13. The number of nitrogens with zero attached hydrogens (tertiary/aromatic N) is 2. The largest absolute Gasteiger partial charge is 0.386 e. The number of aliphatic hydroxyl groups excluding tert-OH is 1. The molecule has 0 amide bonds. The van der Waals surface area contributed by atoms with Gasteiger partial charge in [-0.3, -0.25) is 4.79 Å². The van der Waals surface area contributed by atoms with Gasteiger partial charge in [-0.25, -0.2) is 4.68 Å². The lowest BCUT2D eigenvalue weighted by Crippen LogP contribution is -2.24. The van der Waals surface area contributed by atoms with E-state index >= 15 is 0 Å². The first kappa shape index (κ1) is 11.5. The van der Waals surface area contributed by atoms with Crippen LogP contribution >= 0.6 is 0 Å². The molecule has 4 nitrogen and oxygen atoms in total. The Bertz CT molecular complexity index is 563. The van der Waals surface area contributed by atoms with E-state index in [0.29, 0.717) is 0 Å². The van der Waals surface area contributed by atoms with Crippen LogP contribution in [0.4, 0.5) is 0 Å². The summed E-state index contributed by atoms with van der Waals surface area (Å²) in [5.74, 6) is 0. The Morgan fingerprint density at radius 2 is 2.18 bits per heavy atom. The molecule has 0 aliphatic carbocycles. The van der Waals surface area contributed by atoms with Crippen molar-refractivity contribution >= 4 is 0 Å². The molecule has 1 aromatic heterocycles. The number of hydrogen-bond donors (Lipinski definition) is 1. The minimum atomic E-state index is -0.720. The quantitative estimate of drug-likeness (QED) is 0.864. The van der Waals surface area contributed by atoms with Crippen LogP contribution in [0, 0.1) is 6.92 Å². The van der Waals surface area contributed by atoms with Crippen LogP contribution in [-0.2, 0) is 6.54 Å². The van der Waals surface area contributed by atoms with Crippen molar-refractivity contribution < 1.29 is 5.11 Å². The van der Waals surface area contributed by atoms with Crippen LogP contribution in [0.5, 0.6) is 0 Å². The van der Waals surface area contributed by atoms with Gasteiger partial charge in [0.1, 0.15) is 0 Å². The van der Waals surface area contributed by atoms with Gasteiger partial charge in [-0.15, -0.1) is 0 Å². The molecule has 1 unspecified atom stereocenters. The van der Waals surface area contributed by atoms with E-state index in [4.69, 9.17) is 0 Å². The highest BCUT2D eigenvalue weighted by Gasteiger charge is 2.09. The van der Waals surface area contributed by atoms with Crippen LogP contribution in [0.15, 0.2) is 47.4 Å². The van der Waals surface area contributed by atoms with Crippen molar-refractivity contribution in [3.8, 4) is 0 Å². The lowest BCUT2D eigenvalue weighted by molar-refractivity contribution is 0.149. The molecule has 17 heavy (non-hydrogen) atoms. The summed E-state index contributed by atoms with van der Waals surface area (Å²) in [5, 5.41) is 13.9. The first-order valence-corrected chi connectivity index (χ1v) is 5.43. The van der Waals surface area contributed by atoms with Crippen LogP contribution in [0.2, 0.25) is 0 Å². The van der Waals surface area contributed by atoms with E-state index in [1.54, 1.807) is 6.07 Å². The molecule has 88 valence electrons. The summed E-state index contributed by atoms with van der Waals surface area (Å²) in [5.41, 5.74) is 1.66. The second kappa shape index (κ2) is 4.93. The van der Waals surface area contributed by atoms with Gasteiger partial charge in [0.05, 0.1) is 12.6 Å². The third-order valence-corrected chi connectivity index (χ3v) is 2.56. The zero-order valence-corrected chi connectivity index (χ0v) is 9.58. The number of aliphatic hydroxyl groups is 1. The fourth-order valence-corrected chi connectivity index (χ4v) is 1.67. The van der Waals surface area contributed by atoms with E-state index in [0.717, 1.165) is 11.1 Å². The van der Waals surface area contributed by atoms with Gasteiger partial charge < -0.3 is 5.11 Å². The topological polar surface area (TPSA) is 55.1 Å². The predicted octanol–water partition coefficient (Wildman–Crippen LogP) is 1.29. The van der Waals surface area contributed by atoms with E-state index in [9.17, 15) is 9.90 Å². The van der Waals surface area contributed by atoms with Crippen molar-refractivity contribution in [1.82, 2.24) is 9.78 Å². The molecule has 0 bridgehead atoms. The molecule has 1 atom stereocenters. The number of aromatic nitrogens is 2. The average Bonchev–Trinajstić information content (AvgIpc) is 2.32. The lowest BCUT2D eigenvalue weighted by Gasteiger charge is -2.12. The zero-order chi connectivity index (χ0) is 12.3. The second-order valence-electron chi connectivity index (χ2n) is 3.97. The van der Waals surface area contributed by atoms with Crippen LogP contribution in [0.3, 0.4) is 0 Å². The van der Waals surface area contributed by atoms with Crippen LogP contribution in [0.25, 0.3) is 0 Å². The van der Waals surface area contributed by atoms with Crippen LogP contribution < -0.4 is 5.56 Å². The second-order valence-corrected chi connectivity index (χ2v) is 3.97. The molecule has 2 aromatic rings. The fraction of sp³-hybridized carbons (Fsp3) is 0.231. The molecule has 2 rings (SSSR count). The van der Waals surface area contributed by atoms with Crippen molar-refractivity contribution in [3.05, 3.63) is 64.1 Å². The molecule has 1 N–H and O–H groups in total. The van der Waals surface area contributed by atoms with Gasteiger partial charge in [0, 0.05) is 12.3 Å². The van der Waals surface area contributed by atoms with Crippen molar-refractivity contribution in [3.63, 3.8) is 0 Å². The van der Waals surface area contributed by atoms with E-state index in [2.05, 4.69) is 5.10 Å². The minimum absolute atomic E-state index is 0.170. The molecule has 0 aliphatic heterocycles. The van der Waals surface area contributed by atoms with E-state index in [1.807, 2.05) is 31.2 Å². The lowest BCUT2D eigenvalue weighted by atomic mass is 10.1. The summed E-state index contributed by atoms with van der Waals surface area (Å²) in [6, 6.07) is 10.6. The molecular formula is C13H14N2O2. The number of aryl methyl sites for hydroxylation is 1. The molecule has 0 fully saturated rings. The van der Waals surface area contributed by atoms with Crippen LogP contribution in [0.1, 0.15) is 17.2 Å². The summed E-state index contributed by atoms with van der Waals surface area (Å²) >= 11 is 0. The molecule has 0 aliphatic rings. The third-order valence-electron chi connectivity index (χ3n) is 2.56. The Labute approximate surface area is 99.2 Å². The molecule has 0 saturated heterocycles. The van der Waals surface area contributed by atoms with E-state index in [1.165, 1.54) is 16.9 Å². The van der Waals surface area contributed by atoms with Gasteiger partial charge >= 0.3 is 0 Å². The van der Waals surface area contributed by atoms with Crippen molar-refractivity contribution in [1.29, 1.82) is 0 Å². The summed E-state index contributed by atoms with van der Waals surface area (Å²) < 4.78 is 1.26. The predicted molar refractivity (Wildman–Crippen MR) is 64.6 cm³/mol. The molecule has 1 aromatic carbocycles. The Morgan fingerprint density at radius 3 is 2.88 bits per heavy atom. The Hall–Kier alpha value is -1.94. The maximum Gasteiger partial charge on any atom is 0.266 e. The molecule has 0 spiro atoms. The average molecular weight is 230 g/mol. The summed E-state index contributed by atoms with van der Waals surface area (Å²) in [6.07, 6.45) is 0.812. The van der Waals surface area contributed by atoms with Gasteiger partial charge in [0.25, 0.3) is 5.56 Å². The standard InChI is InChI=1S/C13H14N2O2/c1-10-4-2-5-11(8-10)12(16)9-15-13(17)6-3-7-14-15/h2-8,12,16H,9H2,1H3. The van der Waals surface area contributed by atoms with E-state index < -0.39 is 6.10 Å². The highest BCUT2D eigenvalue weighted by Crippen LogP contribution is 2.15. The van der Waals surface area contributed by atoms with Gasteiger partial charge in [-0.1, -0.05) is 29.8 Å². The molecule has 0 radical (unpaired) electrons.